The van der Waals surface area contributed by atoms with Gasteiger partial charge in [0.2, 0.25) is 5.91 Å². The van der Waals surface area contributed by atoms with Crippen molar-refractivity contribution in [2.75, 3.05) is 26.2 Å². The molecular weight excluding hydrogens is 306 g/mol. The molecule has 0 atom stereocenters. The highest BCUT2D eigenvalue weighted by Gasteiger charge is 2.45. The lowest BCUT2D eigenvalue weighted by Gasteiger charge is -2.48. The van der Waals surface area contributed by atoms with E-state index in [0.29, 0.717) is 31.5 Å². The molecule has 24 heavy (non-hydrogen) atoms. The number of hydrogen-bond acceptors (Lipinski definition) is 4. The van der Waals surface area contributed by atoms with Gasteiger partial charge in [-0.05, 0) is 45.7 Å². The molecule has 0 radical (unpaired) electrons. The average molecular weight is 333 g/mol. The summed E-state index contributed by atoms with van der Waals surface area (Å²) in [6.45, 7) is 5.72. The molecule has 3 heterocycles. The Morgan fingerprint density at radius 2 is 1.83 bits per heavy atom. The summed E-state index contributed by atoms with van der Waals surface area (Å²) < 4.78 is 1.75. The van der Waals surface area contributed by atoms with Crippen molar-refractivity contribution >= 4 is 11.8 Å². The Morgan fingerprint density at radius 3 is 2.38 bits per heavy atom. The van der Waals surface area contributed by atoms with Crippen LogP contribution in [0, 0.1) is 0 Å². The lowest BCUT2D eigenvalue weighted by atomic mass is 9.83. The van der Waals surface area contributed by atoms with E-state index in [-0.39, 0.29) is 11.8 Å². The first-order valence-corrected chi connectivity index (χ1v) is 8.93. The summed E-state index contributed by atoms with van der Waals surface area (Å²) in [5, 5.41) is 4.17. The summed E-state index contributed by atoms with van der Waals surface area (Å²) in [4.78, 5) is 28.9. The van der Waals surface area contributed by atoms with Crippen LogP contribution in [0.15, 0.2) is 12.4 Å². The Labute approximate surface area is 142 Å². The maximum atomic E-state index is 12.6. The Hall–Kier alpha value is -1.89. The Bertz CT molecular complexity index is 598. The third-order valence-corrected chi connectivity index (χ3v) is 5.50. The molecule has 0 spiro atoms. The molecule has 2 saturated heterocycles. The molecule has 7 heteroatoms. The van der Waals surface area contributed by atoms with Crippen LogP contribution in [0.4, 0.5) is 0 Å². The molecule has 1 aromatic rings. The van der Waals surface area contributed by atoms with Gasteiger partial charge in [0.05, 0.1) is 11.8 Å². The number of rotatable bonds is 4. The van der Waals surface area contributed by atoms with E-state index >= 15 is 0 Å². The van der Waals surface area contributed by atoms with Crippen LogP contribution in [0.5, 0.6) is 0 Å². The molecule has 0 unspecified atom stereocenters. The van der Waals surface area contributed by atoms with Gasteiger partial charge in [-0.25, -0.2) is 0 Å². The van der Waals surface area contributed by atoms with Gasteiger partial charge in [0, 0.05) is 25.8 Å². The average Bonchev–Trinajstić information content (AvgIpc) is 3.11. The van der Waals surface area contributed by atoms with E-state index < -0.39 is 5.54 Å². The van der Waals surface area contributed by atoms with Crippen LogP contribution in [0.2, 0.25) is 0 Å². The Morgan fingerprint density at radius 1 is 1.17 bits per heavy atom. The zero-order chi connectivity index (χ0) is 17.2. The fourth-order valence-electron chi connectivity index (χ4n) is 3.95. The van der Waals surface area contributed by atoms with E-state index in [2.05, 4.69) is 10.00 Å². The second-order valence-corrected chi connectivity index (χ2v) is 6.82. The second-order valence-electron chi connectivity index (χ2n) is 6.82. The number of aromatic nitrogens is 2. The molecule has 132 valence electrons. The fourth-order valence-corrected chi connectivity index (χ4v) is 3.95. The summed E-state index contributed by atoms with van der Waals surface area (Å²) in [6.07, 6.45) is 8.10. The number of piperidine rings is 2. The second kappa shape index (κ2) is 6.93. The van der Waals surface area contributed by atoms with E-state index in [1.165, 1.54) is 6.42 Å². The minimum Gasteiger partial charge on any atom is -0.368 e. The first kappa shape index (κ1) is 17.0. The normalized spacial score (nSPS) is 21.6. The highest BCUT2D eigenvalue weighted by Crippen LogP contribution is 2.32. The SMILES string of the molecule is CCn1cc(C(=O)N2CCC(C(N)=O)(N3CCCCC3)CC2)cn1. The Balaban J connectivity index is 1.68. The molecule has 0 saturated carbocycles. The molecule has 0 aliphatic carbocycles. The highest BCUT2D eigenvalue weighted by atomic mass is 16.2. The molecule has 7 nitrogen and oxygen atoms in total. The highest BCUT2D eigenvalue weighted by molar-refractivity contribution is 5.94. The van der Waals surface area contributed by atoms with Crippen molar-refractivity contribution in [3.8, 4) is 0 Å². The van der Waals surface area contributed by atoms with Gasteiger partial charge in [-0.15, -0.1) is 0 Å². The van der Waals surface area contributed by atoms with Gasteiger partial charge < -0.3 is 10.6 Å². The van der Waals surface area contributed by atoms with Gasteiger partial charge in [0.25, 0.3) is 5.91 Å². The van der Waals surface area contributed by atoms with E-state index in [1.54, 1.807) is 17.1 Å². The quantitative estimate of drug-likeness (QED) is 0.885. The van der Waals surface area contributed by atoms with Gasteiger partial charge in [-0.1, -0.05) is 6.42 Å². The first-order chi connectivity index (χ1) is 11.6. The number of nitrogens with zero attached hydrogens (tertiary/aromatic N) is 4. The van der Waals surface area contributed by atoms with Crippen molar-refractivity contribution in [3.63, 3.8) is 0 Å². The van der Waals surface area contributed by atoms with Crippen molar-refractivity contribution in [3.05, 3.63) is 18.0 Å². The number of primary amides is 1. The number of aryl methyl sites for hydroxylation is 1. The predicted molar refractivity (Wildman–Crippen MR) is 90.4 cm³/mol. The molecule has 0 aromatic carbocycles. The van der Waals surface area contributed by atoms with Crippen LogP contribution >= 0.6 is 0 Å². The van der Waals surface area contributed by atoms with Crippen LogP contribution in [-0.4, -0.2) is 63.1 Å². The molecule has 2 amide bonds. The first-order valence-electron chi connectivity index (χ1n) is 8.93. The largest absolute Gasteiger partial charge is 0.368 e. The summed E-state index contributed by atoms with van der Waals surface area (Å²) in [5.74, 6) is -0.248. The van der Waals surface area contributed by atoms with Crippen LogP contribution in [-0.2, 0) is 11.3 Å². The lowest BCUT2D eigenvalue weighted by molar-refractivity contribution is -0.134. The van der Waals surface area contributed by atoms with E-state index in [4.69, 9.17) is 5.73 Å². The van der Waals surface area contributed by atoms with Gasteiger partial charge in [0.15, 0.2) is 0 Å². The molecule has 1 aromatic heterocycles. The smallest absolute Gasteiger partial charge is 0.257 e. The molecule has 2 N–H and O–H groups in total. The van der Waals surface area contributed by atoms with Crippen molar-refractivity contribution in [2.24, 2.45) is 5.73 Å². The van der Waals surface area contributed by atoms with Gasteiger partial charge >= 0.3 is 0 Å². The maximum absolute atomic E-state index is 12.6. The summed E-state index contributed by atoms with van der Waals surface area (Å²) >= 11 is 0. The summed E-state index contributed by atoms with van der Waals surface area (Å²) in [7, 11) is 0. The van der Waals surface area contributed by atoms with Crippen LogP contribution in [0.25, 0.3) is 0 Å². The maximum Gasteiger partial charge on any atom is 0.257 e. The standard InChI is InChI=1S/C17H27N5O2/c1-2-22-13-14(12-19-22)15(23)20-10-6-17(7-11-20,16(18)24)21-8-4-3-5-9-21/h12-13H,2-11H2,1H3,(H2,18,24). The van der Waals surface area contributed by atoms with Crippen LogP contribution in [0.3, 0.4) is 0 Å². The van der Waals surface area contributed by atoms with Gasteiger partial charge in [-0.3, -0.25) is 19.2 Å². The summed E-state index contributed by atoms with van der Waals surface area (Å²) in [6, 6.07) is 0. The third kappa shape index (κ3) is 3.05. The minimum atomic E-state index is -0.579. The molecular formula is C17H27N5O2. The minimum absolute atomic E-state index is 0.00795. The molecule has 3 rings (SSSR count). The van der Waals surface area contributed by atoms with Gasteiger partial charge in [0.1, 0.15) is 5.54 Å². The fraction of sp³-hybridized carbons (Fsp3) is 0.706. The number of hydrogen-bond donors (Lipinski definition) is 1. The predicted octanol–water partition coefficient (Wildman–Crippen LogP) is 0.849. The van der Waals surface area contributed by atoms with E-state index in [1.807, 2.05) is 11.8 Å². The van der Waals surface area contributed by atoms with Crippen molar-refractivity contribution in [1.29, 1.82) is 0 Å². The molecule has 2 fully saturated rings. The monoisotopic (exact) mass is 333 g/mol. The van der Waals surface area contributed by atoms with Crippen molar-refractivity contribution in [1.82, 2.24) is 19.6 Å². The number of amides is 2. The van der Waals surface area contributed by atoms with Crippen LogP contribution < -0.4 is 5.73 Å². The van der Waals surface area contributed by atoms with E-state index in [0.717, 1.165) is 32.5 Å². The molecule has 2 aliphatic heterocycles. The van der Waals surface area contributed by atoms with Gasteiger partial charge in [-0.2, -0.15) is 5.10 Å². The summed E-state index contributed by atoms with van der Waals surface area (Å²) in [5.41, 5.74) is 5.82. The number of carbonyl (C=O) groups excluding carboxylic acids is 2. The lowest BCUT2D eigenvalue weighted by Crippen LogP contribution is -2.63. The number of carbonyl (C=O) groups is 2. The third-order valence-electron chi connectivity index (χ3n) is 5.50. The molecule has 0 bridgehead atoms. The van der Waals surface area contributed by atoms with Crippen molar-refractivity contribution < 1.29 is 9.59 Å². The zero-order valence-electron chi connectivity index (χ0n) is 14.4. The Kier molecular flexibility index (Phi) is 4.89. The van der Waals surface area contributed by atoms with Crippen LogP contribution in [0.1, 0.15) is 49.4 Å². The number of likely N-dealkylation sites (tertiary alicyclic amines) is 2. The van der Waals surface area contributed by atoms with E-state index in [9.17, 15) is 9.59 Å². The number of nitrogens with two attached hydrogens (primary N) is 1. The topological polar surface area (TPSA) is 84.5 Å². The van der Waals surface area contributed by atoms with Crippen molar-refractivity contribution in [2.45, 2.75) is 51.1 Å². The zero-order valence-corrected chi connectivity index (χ0v) is 14.4. The molecule has 2 aliphatic rings.